The first kappa shape index (κ1) is 26.4. The van der Waals surface area contributed by atoms with Crippen LogP contribution < -0.4 is 14.9 Å². The number of hydrogen-bond donors (Lipinski definition) is 0. The Hall–Kier alpha value is -4.85. The van der Waals surface area contributed by atoms with Crippen LogP contribution in [-0.2, 0) is 21.3 Å². The SMILES string of the molecule is COc1cc2c(c3c1c(=O)c1c4ccccc4ccc1n3C)[C@@H](OC(C)=O)[C@@H](OC(=O)c1ccccc1)C(C)(C)O2. The van der Waals surface area contributed by atoms with Crippen LogP contribution >= 0.6 is 0 Å². The van der Waals surface area contributed by atoms with Crippen molar-refractivity contribution in [3.8, 4) is 11.5 Å². The van der Waals surface area contributed by atoms with E-state index in [1.54, 1.807) is 50.2 Å². The van der Waals surface area contributed by atoms with E-state index in [-0.39, 0.29) is 5.43 Å². The molecule has 4 aromatic carbocycles. The summed E-state index contributed by atoms with van der Waals surface area (Å²) in [4.78, 5) is 40.0. The molecule has 41 heavy (non-hydrogen) atoms. The number of carbonyl (C=O) groups is 2. The summed E-state index contributed by atoms with van der Waals surface area (Å²) in [6.07, 6.45) is -2.11. The van der Waals surface area contributed by atoms with E-state index in [1.165, 1.54) is 14.0 Å². The van der Waals surface area contributed by atoms with E-state index in [0.717, 1.165) is 10.8 Å². The molecule has 0 saturated carbocycles. The molecule has 1 aliphatic heterocycles. The number of aromatic nitrogens is 1. The van der Waals surface area contributed by atoms with Gasteiger partial charge in [0.05, 0.1) is 40.0 Å². The molecule has 1 aliphatic rings. The lowest BCUT2D eigenvalue weighted by atomic mass is 9.86. The number of carbonyl (C=O) groups excluding carboxylic acids is 2. The van der Waals surface area contributed by atoms with E-state index in [4.69, 9.17) is 18.9 Å². The zero-order chi connectivity index (χ0) is 29.1. The first-order valence-corrected chi connectivity index (χ1v) is 13.3. The highest BCUT2D eigenvalue weighted by Crippen LogP contribution is 2.49. The van der Waals surface area contributed by atoms with Crippen LogP contribution in [0.25, 0.3) is 32.6 Å². The van der Waals surface area contributed by atoms with Gasteiger partial charge in [-0.05, 0) is 42.8 Å². The van der Waals surface area contributed by atoms with E-state index in [1.807, 2.05) is 48.0 Å². The monoisotopic (exact) mass is 551 g/mol. The molecule has 6 rings (SSSR count). The van der Waals surface area contributed by atoms with Gasteiger partial charge >= 0.3 is 11.9 Å². The molecule has 0 N–H and O–H groups in total. The van der Waals surface area contributed by atoms with Gasteiger partial charge in [-0.25, -0.2) is 4.79 Å². The zero-order valence-corrected chi connectivity index (χ0v) is 23.4. The maximum Gasteiger partial charge on any atom is 0.338 e. The van der Waals surface area contributed by atoms with Crippen molar-refractivity contribution in [1.29, 1.82) is 0 Å². The van der Waals surface area contributed by atoms with E-state index in [2.05, 4.69) is 0 Å². The quantitative estimate of drug-likeness (QED) is 0.157. The minimum absolute atomic E-state index is 0.228. The predicted molar refractivity (Wildman–Crippen MR) is 156 cm³/mol. The molecule has 5 aromatic rings. The van der Waals surface area contributed by atoms with Crippen LogP contribution in [0.1, 0.15) is 42.8 Å². The van der Waals surface area contributed by atoms with Gasteiger partial charge in [0.15, 0.2) is 12.2 Å². The third-order valence-corrected chi connectivity index (χ3v) is 7.70. The first-order chi connectivity index (χ1) is 19.6. The Balaban J connectivity index is 1.67. The molecular formula is C33H29NO7. The van der Waals surface area contributed by atoms with Gasteiger partial charge in [0.2, 0.25) is 5.43 Å². The molecule has 0 spiro atoms. The Morgan fingerprint density at radius 3 is 2.34 bits per heavy atom. The average Bonchev–Trinajstić information content (AvgIpc) is 2.96. The van der Waals surface area contributed by atoms with E-state index < -0.39 is 29.7 Å². The fourth-order valence-corrected chi connectivity index (χ4v) is 5.87. The highest BCUT2D eigenvalue weighted by Gasteiger charge is 2.50. The normalized spacial score (nSPS) is 17.6. The fourth-order valence-electron chi connectivity index (χ4n) is 5.87. The summed E-state index contributed by atoms with van der Waals surface area (Å²) in [6, 6.07) is 21.8. The largest absolute Gasteiger partial charge is 0.496 e. The molecule has 208 valence electrons. The van der Waals surface area contributed by atoms with Crippen molar-refractivity contribution < 1.29 is 28.5 Å². The van der Waals surface area contributed by atoms with Crippen LogP contribution in [0.2, 0.25) is 0 Å². The van der Waals surface area contributed by atoms with Gasteiger partial charge in [-0.15, -0.1) is 0 Å². The highest BCUT2D eigenvalue weighted by molar-refractivity contribution is 6.11. The van der Waals surface area contributed by atoms with Crippen molar-refractivity contribution in [2.24, 2.45) is 7.05 Å². The average molecular weight is 552 g/mol. The fraction of sp³-hybridized carbons (Fsp3) is 0.242. The number of hydrogen-bond acceptors (Lipinski definition) is 7. The summed E-state index contributed by atoms with van der Waals surface area (Å²) in [5, 5.41) is 2.61. The van der Waals surface area contributed by atoms with Crippen LogP contribution in [0.5, 0.6) is 11.5 Å². The molecule has 0 radical (unpaired) electrons. The second-order valence-electron chi connectivity index (χ2n) is 10.7. The maximum absolute atomic E-state index is 14.3. The molecule has 2 atom stereocenters. The molecule has 8 heteroatoms. The number of nitrogens with zero attached hydrogens (tertiary/aromatic N) is 1. The van der Waals surface area contributed by atoms with Crippen molar-refractivity contribution in [3.05, 3.63) is 94.1 Å². The summed E-state index contributed by atoms with van der Waals surface area (Å²) >= 11 is 0. The second kappa shape index (κ2) is 9.66. The molecular weight excluding hydrogens is 522 g/mol. The summed E-state index contributed by atoms with van der Waals surface area (Å²) < 4.78 is 26.0. The molecule has 0 saturated heterocycles. The third kappa shape index (κ3) is 4.18. The van der Waals surface area contributed by atoms with Gasteiger partial charge in [-0.1, -0.05) is 48.5 Å². The Kier molecular flexibility index (Phi) is 6.21. The van der Waals surface area contributed by atoms with Gasteiger partial charge in [0.1, 0.15) is 17.1 Å². The van der Waals surface area contributed by atoms with Gasteiger partial charge < -0.3 is 23.5 Å². The first-order valence-electron chi connectivity index (χ1n) is 13.3. The summed E-state index contributed by atoms with van der Waals surface area (Å²) in [6.45, 7) is 4.82. The van der Waals surface area contributed by atoms with E-state index >= 15 is 0 Å². The van der Waals surface area contributed by atoms with Crippen molar-refractivity contribution in [2.45, 2.75) is 38.6 Å². The molecule has 1 aromatic heterocycles. The molecule has 2 heterocycles. The second-order valence-corrected chi connectivity index (χ2v) is 10.7. The zero-order valence-electron chi connectivity index (χ0n) is 23.4. The van der Waals surface area contributed by atoms with E-state index in [0.29, 0.717) is 44.4 Å². The number of ether oxygens (including phenoxy) is 4. The topological polar surface area (TPSA) is 93.1 Å². The van der Waals surface area contributed by atoms with Crippen molar-refractivity contribution in [2.75, 3.05) is 7.11 Å². The van der Waals surface area contributed by atoms with E-state index in [9.17, 15) is 14.4 Å². The highest BCUT2D eigenvalue weighted by atomic mass is 16.6. The van der Waals surface area contributed by atoms with Gasteiger partial charge in [0.25, 0.3) is 0 Å². The minimum Gasteiger partial charge on any atom is -0.496 e. The number of rotatable bonds is 4. The van der Waals surface area contributed by atoms with Crippen LogP contribution in [0.3, 0.4) is 0 Å². The number of methoxy groups -OCH3 is 1. The standard InChI is InChI=1S/C33H29NO7/c1-18(35)39-30-27-24(41-33(2,3)31(30)40-32(37)20-12-7-6-8-13-20)17-23(38-5)26-28(27)34(4)22-16-15-19-11-9-10-14-21(19)25(22)29(26)36/h6-17,30-31H,1-5H3/t30-,31-/m1/s1. The molecule has 0 fully saturated rings. The number of esters is 2. The summed E-state index contributed by atoms with van der Waals surface area (Å²) in [5.41, 5.74) is 0.586. The maximum atomic E-state index is 14.3. The van der Waals surface area contributed by atoms with Crippen LogP contribution in [0, 0.1) is 0 Å². The smallest absolute Gasteiger partial charge is 0.338 e. The summed E-state index contributed by atoms with van der Waals surface area (Å²) in [5.74, 6) is -0.462. The number of aryl methyl sites for hydroxylation is 1. The Labute approximate surface area is 236 Å². The Morgan fingerprint density at radius 1 is 0.927 bits per heavy atom. The lowest BCUT2D eigenvalue weighted by molar-refractivity contribution is -0.168. The molecule has 0 amide bonds. The van der Waals surface area contributed by atoms with Crippen LogP contribution in [0.15, 0.2) is 77.6 Å². The Bertz CT molecular complexity index is 1920. The number of fused-ring (bicyclic) bond motifs is 6. The van der Waals surface area contributed by atoms with Crippen molar-refractivity contribution in [1.82, 2.24) is 4.57 Å². The van der Waals surface area contributed by atoms with Gasteiger partial charge in [-0.3, -0.25) is 9.59 Å². The molecule has 8 nitrogen and oxygen atoms in total. The number of benzene rings is 4. The van der Waals surface area contributed by atoms with Crippen LogP contribution in [-0.4, -0.2) is 35.3 Å². The molecule has 0 aliphatic carbocycles. The Morgan fingerprint density at radius 2 is 1.63 bits per heavy atom. The van der Waals surface area contributed by atoms with Crippen molar-refractivity contribution in [3.63, 3.8) is 0 Å². The number of pyridine rings is 1. The van der Waals surface area contributed by atoms with Gasteiger partial charge in [0, 0.05) is 20.0 Å². The van der Waals surface area contributed by atoms with Crippen molar-refractivity contribution >= 4 is 44.5 Å². The predicted octanol–water partition coefficient (Wildman–Crippen LogP) is 5.85. The lowest BCUT2D eigenvalue weighted by Crippen LogP contribution is -2.52. The minimum atomic E-state index is -1.11. The van der Waals surface area contributed by atoms with Gasteiger partial charge in [-0.2, -0.15) is 0 Å². The van der Waals surface area contributed by atoms with Crippen LogP contribution in [0.4, 0.5) is 0 Å². The molecule has 0 unspecified atom stereocenters. The summed E-state index contributed by atoms with van der Waals surface area (Å²) in [7, 11) is 3.34. The molecule has 0 bridgehead atoms. The lowest BCUT2D eigenvalue weighted by Gasteiger charge is -2.43. The third-order valence-electron chi connectivity index (χ3n) is 7.70.